The number of halogens is 2. The molecular formula is C19H17F2N3O4. The Hall–Kier alpha value is -2.46. The molecule has 1 saturated heterocycles. The average Bonchev–Trinajstić information content (AvgIpc) is 3.34. The minimum absolute atomic E-state index is 0.0728. The van der Waals surface area contributed by atoms with E-state index in [1.807, 2.05) is 6.92 Å². The fourth-order valence-electron chi connectivity index (χ4n) is 4.00. The molecule has 0 aliphatic carbocycles. The standard InChI is InChI=1S/C19H17F2N3O4/c1-8-10-2-3-24(18(10)23-7-22-8)19-15(26)14(25)17(28-19)16-11-5-13(21)12(20)4-9(11)6-27-16/h2-5,7,14-17,19,25-26H,6H2,1H3/t14-,15+,16+,17-,19+/m0/s1. The van der Waals surface area contributed by atoms with Gasteiger partial charge in [-0.15, -0.1) is 0 Å². The van der Waals surface area contributed by atoms with Gasteiger partial charge in [-0.2, -0.15) is 0 Å². The predicted molar refractivity (Wildman–Crippen MR) is 92.1 cm³/mol. The molecule has 0 spiro atoms. The fraction of sp³-hybridized carbons (Fsp3) is 0.368. The lowest BCUT2D eigenvalue weighted by Crippen LogP contribution is -2.34. The lowest BCUT2D eigenvalue weighted by Gasteiger charge is -2.22. The van der Waals surface area contributed by atoms with Crippen molar-refractivity contribution in [3.8, 4) is 0 Å². The second kappa shape index (κ2) is 6.28. The van der Waals surface area contributed by atoms with Crippen molar-refractivity contribution in [3.05, 3.63) is 59.2 Å². The number of aliphatic hydroxyl groups is 2. The third-order valence-corrected chi connectivity index (χ3v) is 5.46. The van der Waals surface area contributed by atoms with Crippen molar-refractivity contribution < 1.29 is 28.5 Å². The summed E-state index contributed by atoms with van der Waals surface area (Å²) in [4.78, 5) is 8.38. The average molecular weight is 389 g/mol. The van der Waals surface area contributed by atoms with Crippen LogP contribution in [-0.2, 0) is 16.1 Å². The normalized spacial score (nSPS) is 29.5. The maximum Gasteiger partial charge on any atom is 0.164 e. The van der Waals surface area contributed by atoms with Crippen LogP contribution < -0.4 is 0 Å². The van der Waals surface area contributed by atoms with Gasteiger partial charge in [0.2, 0.25) is 0 Å². The van der Waals surface area contributed by atoms with Gasteiger partial charge in [0.25, 0.3) is 0 Å². The topological polar surface area (TPSA) is 89.6 Å². The maximum atomic E-state index is 13.7. The Morgan fingerprint density at radius 3 is 2.75 bits per heavy atom. The number of benzene rings is 1. The van der Waals surface area contributed by atoms with Crippen LogP contribution in [0.1, 0.15) is 29.2 Å². The van der Waals surface area contributed by atoms with Gasteiger partial charge < -0.3 is 24.3 Å². The summed E-state index contributed by atoms with van der Waals surface area (Å²) in [6.45, 7) is 1.92. The van der Waals surface area contributed by atoms with Crippen LogP contribution in [0.15, 0.2) is 30.7 Å². The van der Waals surface area contributed by atoms with E-state index in [4.69, 9.17) is 9.47 Å². The predicted octanol–water partition coefficient (Wildman–Crippen LogP) is 1.91. The first-order valence-electron chi connectivity index (χ1n) is 8.85. The van der Waals surface area contributed by atoms with Crippen LogP contribution in [0.3, 0.4) is 0 Å². The molecule has 1 aromatic carbocycles. The van der Waals surface area contributed by atoms with E-state index in [0.717, 1.165) is 23.2 Å². The third-order valence-electron chi connectivity index (χ3n) is 5.46. The van der Waals surface area contributed by atoms with E-state index in [1.54, 1.807) is 16.8 Å². The summed E-state index contributed by atoms with van der Waals surface area (Å²) in [6, 6.07) is 3.94. The highest BCUT2D eigenvalue weighted by molar-refractivity contribution is 5.78. The van der Waals surface area contributed by atoms with Gasteiger partial charge in [0, 0.05) is 11.6 Å². The highest BCUT2D eigenvalue weighted by Crippen LogP contribution is 2.43. The van der Waals surface area contributed by atoms with Crippen molar-refractivity contribution in [2.75, 3.05) is 0 Å². The molecule has 9 heteroatoms. The third kappa shape index (κ3) is 2.47. The molecule has 146 valence electrons. The number of hydrogen-bond acceptors (Lipinski definition) is 6. The van der Waals surface area contributed by atoms with Crippen molar-refractivity contribution in [2.24, 2.45) is 0 Å². The number of rotatable bonds is 2. The van der Waals surface area contributed by atoms with Crippen molar-refractivity contribution in [2.45, 2.75) is 44.2 Å². The first-order chi connectivity index (χ1) is 13.5. The number of aryl methyl sites for hydroxylation is 1. The van der Waals surface area contributed by atoms with E-state index < -0.39 is 42.3 Å². The molecule has 0 unspecified atom stereocenters. The molecule has 0 amide bonds. The second-order valence-electron chi connectivity index (χ2n) is 7.09. The summed E-state index contributed by atoms with van der Waals surface area (Å²) < 4.78 is 40.4. The van der Waals surface area contributed by atoms with Crippen LogP contribution in [0.2, 0.25) is 0 Å². The Kier molecular flexibility index (Phi) is 3.95. The number of fused-ring (bicyclic) bond motifs is 2. The Labute approximate surface area is 158 Å². The smallest absolute Gasteiger partial charge is 0.164 e. The minimum Gasteiger partial charge on any atom is -0.387 e. The summed E-state index contributed by atoms with van der Waals surface area (Å²) >= 11 is 0. The van der Waals surface area contributed by atoms with Gasteiger partial charge in [-0.25, -0.2) is 18.7 Å². The fourth-order valence-corrected chi connectivity index (χ4v) is 4.00. The number of hydrogen-bond donors (Lipinski definition) is 2. The van der Waals surface area contributed by atoms with Crippen molar-refractivity contribution in [3.63, 3.8) is 0 Å². The molecule has 28 heavy (non-hydrogen) atoms. The molecule has 5 rings (SSSR count). The molecule has 2 N–H and O–H groups in total. The van der Waals surface area contributed by atoms with Gasteiger partial charge in [-0.3, -0.25) is 0 Å². The Morgan fingerprint density at radius 1 is 1.14 bits per heavy atom. The van der Waals surface area contributed by atoms with Crippen LogP contribution in [0.4, 0.5) is 8.78 Å². The number of aliphatic hydroxyl groups excluding tert-OH is 2. The molecule has 2 aliphatic rings. The maximum absolute atomic E-state index is 13.7. The zero-order valence-electron chi connectivity index (χ0n) is 14.8. The first kappa shape index (κ1) is 17.6. The molecule has 0 radical (unpaired) electrons. The summed E-state index contributed by atoms with van der Waals surface area (Å²) in [5, 5.41) is 22.0. The van der Waals surface area contributed by atoms with E-state index in [-0.39, 0.29) is 6.61 Å². The molecule has 2 aliphatic heterocycles. The lowest BCUT2D eigenvalue weighted by molar-refractivity contribution is -0.104. The van der Waals surface area contributed by atoms with E-state index in [2.05, 4.69) is 9.97 Å². The molecule has 1 fully saturated rings. The van der Waals surface area contributed by atoms with Gasteiger partial charge in [0.1, 0.15) is 36.4 Å². The molecule has 3 aromatic rings. The van der Waals surface area contributed by atoms with Crippen molar-refractivity contribution in [1.29, 1.82) is 0 Å². The Bertz CT molecular complexity index is 1070. The van der Waals surface area contributed by atoms with Crippen LogP contribution in [0.25, 0.3) is 11.0 Å². The minimum atomic E-state index is -1.28. The first-order valence-corrected chi connectivity index (χ1v) is 8.85. The van der Waals surface area contributed by atoms with E-state index in [1.165, 1.54) is 6.33 Å². The zero-order valence-corrected chi connectivity index (χ0v) is 14.8. The Morgan fingerprint density at radius 2 is 1.93 bits per heavy atom. The van der Waals surface area contributed by atoms with Gasteiger partial charge in [-0.05, 0) is 36.2 Å². The molecule has 7 nitrogen and oxygen atoms in total. The molecule has 4 heterocycles. The van der Waals surface area contributed by atoms with Crippen LogP contribution in [-0.4, -0.2) is 43.1 Å². The Balaban J connectivity index is 1.50. The zero-order chi connectivity index (χ0) is 19.6. The van der Waals surface area contributed by atoms with Crippen molar-refractivity contribution >= 4 is 11.0 Å². The highest BCUT2D eigenvalue weighted by Gasteiger charge is 2.50. The number of nitrogens with zero attached hydrogens (tertiary/aromatic N) is 3. The molecule has 2 aromatic heterocycles. The van der Waals surface area contributed by atoms with Gasteiger partial charge in [0.05, 0.1) is 12.3 Å². The highest BCUT2D eigenvalue weighted by atomic mass is 19.2. The van der Waals surface area contributed by atoms with Crippen molar-refractivity contribution in [1.82, 2.24) is 14.5 Å². The number of aromatic nitrogens is 3. The van der Waals surface area contributed by atoms with E-state index in [9.17, 15) is 19.0 Å². The quantitative estimate of drug-likeness (QED) is 0.696. The molecule has 5 atom stereocenters. The van der Waals surface area contributed by atoms with Gasteiger partial charge in [0.15, 0.2) is 17.9 Å². The second-order valence-corrected chi connectivity index (χ2v) is 7.09. The number of ether oxygens (including phenoxy) is 2. The summed E-state index contributed by atoms with van der Waals surface area (Å²) in [5.41, 5.74) is 2.24. The van der Waals surface area contributed by atoms with Crippen LogP contribution in [0.5, 0.6) is 0 Å². The van der Waals surface area contributed by atoms with Gasteiger partial charge in [-0.1, -0.05) is 0 Å². The summed E-state index contributed by atoms with van der Waals surface area (Å²) in [5.74, 6) is -1.95. The summed E-state index contributed by atoms with van der Waals surface area (Å²) in [7, 11) is 0. The van der Waals surface area contributed by atoms with Crippen LogP contribution >= 0.6 is 0 Å². The van der Waals surface area contributed by atoms with E-state index >= 15 is 0 Å². The van der Waals surface area contributed by atoms with E-state index in [0.29, 0.717) is 16.8 Å². The molecule has 0 bridgehead atoms. The SMILES string of the molecule is Cc1ncnc2c1ccn2[C@@H]1O[C@H]([C@@H]2OCc3cc(F)c(F)cc32)[C@@H](O)[C@H]1O. The van der Waals surface area contributed by atoms with Gasteiger partial charge >= 0.3 is 0 Å². The molecular weight excluding hydrogens is 372 g/mol. The largest absolute Gasteiger partial charge is 0.387 e. The summed E-state index contributed by atoms with van der Waals surface area (Å²) in [6.07, 6.45) is -2.11. The molecule has 0 saturated carbocycles. The van der Waals surface area contributed by atoms with Crippen LogP contribution in [0, 0.1) is 18.6 Å². The monoisotopic (exact) mass is 389 g/mol. The lowest BCUT2D eigenvalue weighted by atomic mass is 9.97.